The van der Waals surface area contributed by atoms with Crippen LogP contribution < -0.4 is 34.7 Å². The van der Waals surface area contributed by atoms with E-state index in [0.29, 0.717) is 13.1 Å². The SMILES string of the molecule is CC(O)CN(CCC(=O)[O-])CC(C)O.[Na+]. The zero-order valence-electron chi connectivity index (χ0n) is 9.64. The van der Waals surface area contributed by atoms with E-state index in [9.17, 15) is 9.90 Å². The molecule has 0 amide bonds. The molecule has 0 aliphatic heterocycles. The van der Waals surface area contributed by atoms with Gasteiger partial charge in [-0.2, -0.15) is 0 Å². The minimum atomic E-state index is -1.12. The Kier molecular flexibility index (Phi) is 11.3. The Bertz CT molecular complexity index is 165. The third kappa shape index (κ3) is 12.3. The number of nitrogens with zero attached hydrogens (tertiary/aromatic N) is 1. The Morgan fingerprint density at radius 1 is 1.27 bits per heavy atom. The van der Waals surface area contributed by atoms with Crippen LogP contribution in [0, 0.1) is 0 Å². The van der Waals surface area contributed by atoms with E-state index in [2.05, 4.69) is 0 Å². The molecule has 0 aromatic heterocycles. The predicted molar refractivity (Wildman–Crippen MR) is 49.4 cm³/mol. The van der Waals surface area contributed by atoms with Gasteiger partial charge in [0.2, 0.25) is 0 Å². The Hall–Kier alpha value is 0.350. The first kappa shape index (κ1) is 17.7. The third-order valence-electron chi connectivity index (χ3n) is 1.68. The molecule has 0 aliphatic carbocycles. The molecule has 0 saturated carbocycles. The van der Waals surface area contributed by atoms with Gasteiger partial charge in [0.1, 0.15) is 0 Å². The molecule has 0 aliphatic rings. The number of rotatable bonds is 7. The average Bonchev–Trinajstić information content (AvgIpc) is 1.97. The summed E-state index contributed by atoms with van der Waals surface area (Å²) in [4.78, 5) is 11.9. The van der Waals surface area contributed by atoms with Crippen molar-refractivity contribution in [2.45, 2.75) is 32.5 Å². The average molecular weight is 227 g/mol. The van der Waals surface area contributed by atoms with E-state index in [1.807, 2.05) is 0 Å². The molecule has 0 aromatic carbocycles. The maximum absolute atomic E-state index is 10.2. The number of carboxylic acids is 1. The zero-order valence-corrected chi connectivity index (χ0v) is 11.6. The van der Waals surface area contributed by atoms with Gasteiger partial charge in [-0.15, -0.1) is 0 Å². The van der Waals surface area contributed by atoms with Crippen molar-refractivity contribution in [3.05, 3.63) is 0 Å². The van der Waals surface area contributed by atoms with Crippen LogP contribution in [0.25, 0.3) is 0 Å². The van der Waals surface area contributed by atoms with Crippen LogP contribution in [0.1, 0.15) is 20.3 Å². The summed E-state index contributed by atoms with van der Waals surface area (Å²) >= 11 is 0. The van der Waals surface area contributed by atoms with Crippen LogP contribution in [0.5, 0.6) is 0 Å². The molecular weight excluding hydrogens is 209 g/mol. The van der Waals surface area contributed by atoms with E-state index < -0.39 is 18.2 Å². The van der Waals surface area contributed by atoms with E-state index in [1.54, 1.807) is 18.7 Å². The molecule has 0 aromatic rings. The number of carboxylic acid groups (broad SMARTS) is 1. The molecule has 2 unspecified atom stereocenters. The summed E-state index contributed by atoms with van der Waals surface area (Å²) in [6.07, 6.45) is -1.15. The van der Waals surface area contributed by atoms with Crippen LogP contribution in [0.15, 0.2) is 0 Å². The number of aliphatic hydroxyl groups is 2. The van der Waals surface area contributed by atoms with E-state index in [0.717, 1.165) is 0 Å². The van der Waals surface area contributed by atoms with E-state index >= 15 is 0 Å². The second-order valence-electron chi connectivity index (χ2n) is 3.58. The Balaban J connectivity index is 0. The van der Waals surface area contributed by atoms with Crippen LogP contribution in [-0.4, -0.2) is 52.9 Å². The molecule has 0 spiro atoms. The van der Waals surface area contributed by atoms with Gasteiger partial charge in [0.15, 0.2) is 0 Å². The van der Waals surface area contributed by atoms with Gasteiger partial charge in [-0.3, -0.25) is 4.90 Å². The number of hydrogen-bond acceptors (Lipinski definition) is 5. The van der Waals surface area contributed by atoms with Gasteiger partial charge in [-0.1, -0.05) is 0 Å². The Morgan fingerprint density at radius 3 is 1.93 bits per heavy atom. The Morgan fingerprint density at radius 2 is 1.67 bits per heavy atom. The van der Waals surface area contributed by atoms with Crippen molar-refractivity contribution in [1.82, 2.24) is 4.90 Å². The summed E-state index contributed by atoms with van der Waals surface area (Å²) < 4.78 is 0. The van der Waals surface area contributed by atoms with Gasteiger partial charge in [-0.05, 0) is 20.3 Å². The van der Waals surface area contributed by atoms with Gasteiger partial charge in [0, 0.05) is 25.6 Å². The summed E-state index contributed by atoms with van der Waals surface area (Å²) in [6, 6.07) is 0. The summed E-state index contributed by atoms with van der Waals surface area (Å²) in [6.45, 7) is 4.25. The molecule has 0 fully saturated rings. The monoisotopic (exact) mass is 227 g/mol. The minimum Gasteiger partial charge on any atom is -0.550 e. The first-order chi connectivity index (χ1) is 6.41. The van der Waals surface area contributed by atoms with Crippen LogP contribution in [-0.2, 0) is 4.79 Å². The number of aliphatic carboxylic acids is 1. The summed E-state index contributed by atoms with van der Waals surface area (Å²) in [5.41, 5.74) is 0. The van der Waals surface area contributed by atoms with Crippen molar-refractivity contribution in [2.75, 3.05) is 19.6 Å². The van der Waals surface area contributed by atoms with Gasteiger partial charge < -0.3 is 20.1 Å². The summed E-state index contributed by atoms with van der Waals surface area (Å²) in [5.74, 6) is -1.12. The molecule has 2 N–H and O–H groups in total. The molecule has 84 valence electrons. The molecular formula is C9H18NNaO4. The fourth-order valence-corrected chi connectivity index (χ4v) is 1.25. The Labute approximate surface area is 112 Å². The fourth-order valence-electron chi connectivity index (χ4n) is 1.25. The van der Waals surface area contributed by atoms with Crippen LogP contribution >= 0.6 is 0 Å². The first-order valence-electron chi connectivity index (χ1n) is 4.70. The smallest absolute Gasteiger partial charge is 0.550 e. The number of carbonyl (C=O) groups is 1. The molecule has 2 atom stereocenters. The molecule has 0 rings (SSSR count). The standard InChI is InChI=1S/C9H19NO4.Na/c1-7(11)5-10(6-8(2)12)4-3-9(13)14;/h7-8,11-12H,3-6H2,1-2H3,(H,13,14);/q;+1/p-1. The fraction of sp³-hybridized carbons (Fsp3) is 0.889. The van der Waals surface area contributed by atoms with Gasteiger partial charge in [0.25, 0.3) is 0 Å². The number of hydrogen-bond donors (Lipinski definition) is 2. The first-order valence-corrected chi connectivity index (χ1v) is 4.70. The van der Waals surface area contributed by atoms with Crippen LogP contribution in [0.2, 0.25) is 0 Å². The van der Waals surface area contributed by atoms with Crippen LogP contribution in [0.3, 0.4) is 0 Å². The molecule has 6 heteroatoms. The van der Waals surface area contributed by atoms with Crippen LogP contribution in [0.4, 0.5) is 0 Å². The number of carbonyl (C=O) groups excluding carboxylic acids is 1. The third-order valence-corrected chi connectivity index (χ3v) is 1.68. The maximum atomic E-state index is 10.2. The van der Waals surface area contributed by atoms with Crippen molar-refractivity contribution in [3.63, 3.8) is 0 Å². The van der Waals surface area contributed by atoms with E-state index in [1.165, 1.54) is 0 Å². The minimum absolute atomic E-state index is 0. The molecule has 15 heavy (non-hydrogen) atoms. The van der Waals surface area contributed by atoms with Gasteiger partial charge >= 0.3 is 29.6 Å². The van der Waals surface area contributed by atoms with Gasteiger partial charge in [-0.25, -0.2) is 0 Å². The van der Waals surface area contributed by atoms with Crippen molar-refractivity contribution in [1.29, 1.82) is 0 Å². The zero-order chi connectivity index (χ0) is 11.1. The molecule has 0 bridgehead atoms. The summed E-state index contributed by atoms with van der Waals surface area (Å²) in [5, 5.41) is 28.4. The van der Waals surface area contributed by atoms with Crippen molar-refractivity contribution in [2.24, 2.45) is 0 Å². The molecule has 0 saturated heterocycles. The topological polar surface area (TPSA) is 83.8 Å². The quantitative estimate of drug-likeness (QED) is 0.426. The molecule has 0 heterocycles. The van der Waals surface area contributed by atoms with E-state index in [-0.39, 0.29) is 42.5 Å². The second kappa shape index (κ2) is 9.57. The largest absolute Gasteiger partial charge is 1.00 e. The maximum Gasteiger partial charge on any atom is 1.00 e. The van der Waals surface area contributed by atoms with Gasteiger partial charge in [0.05, 0.1) is 12.2 Å². The van der Waals surface area contributed by atoms with Crippen molar-refractivity contribution in [3.8, 4) is 0 Å². The molecule has 0 radical (unpaired) electrons. The summed E-state index contributed by atoms with van der Waals surface area (Å²) in [7, 11) is 0. The van der Waals surface area contributed by atoms with Crippen molar-refractivity contribution >= 4 is 5.97 Å². The number of aliphatic hydroxyl groups excluding tert-OH is 2. The second-order valence-corrected chi connectivity index (χ2v) is 3.58. The van der Waals surface area contributed by atoms with E-state index in [4.69, 9.17) is 10.2 Å². The molecule has 5 nitrogen and oxygen atoms in total. The predicted octanol–water partition coefficient (Wildman–Crippen LogP) is -4.81. The normalized spacial score (nSPS) is 14.5. The van der Waals surface area contributed by atoms with Crippen molar-refractivity contribution < 1.29 is 49.7 Å².